The summed E-state index contributed by atoms with van der Waals surface area (Å²) >= 11 is 5.24. The molecule has 1 heterocycles. The number of alkyl carbamates (subject to hydrolysis) is 1. The van der Waals surface area contributed by atoms with Gasteiger partial charge in [0.1, 0.15) is 0 Å². The molecule has 2 rings (SSSR count). The lowest BCUT2D eigenvalue weighted by Gasteiger charge is -2.22. The lowest BCUT2D eigenvalue weighted by atomic mass is 10.2. The third-order valence-electron chi connectivity index (χ3n) is 3.56. The summed E-state index contributed by atoms with van der Waals surface area (Å²) in [5, 5.41) is 8.84. The first kappa shape index (κ1) is 18.5. The zero-order valence-electron chi connectivity index (χ0n) is 13.5. The minimum Gasteiger partial charge on any atom is -0.450 e. The van der Waals surface area contributed by atoms with Crippen LogP contribution in [0.1, 0.15) is 12.5 Å². The highest BCUT2D eigenvalue weighted by molar-refractivity contribution is 7.91. The Kier molecular flexibility index (Phi) is 6.00. The van der Waals surface area contributed by atoms with Crippen LogP contribution < -0.4 is 16.0 Å². The van der Waals surface area contributed by atoms with E-state index in [4.69, 9.17) is 17.0 Å². The first-order chi connectivity index (χ1) is 11.3. The molecule has 2 atom stereocenters. The molecule has 1 saturated heterocycles. The van der Waals surface area contributed by atoms with Crippen molar-refractivity contribution in [3.05, 3.63) is 29.8 Å². The molecule has 1 amide bonds. The van der Waals surface area contributed by atoms with Crippen LogP contribution in [-0.4, -0.2) is 49.8 Å². The summed E-state index contributed by atoms with van der Waals surface area (Å²) in [4.78, 5) is 11.6. The quantitative estimate of drug-likeness (QED) is 0.684. The Morgan fingerprint density at radius 1 is 1.21 bits per heavy atom. The van der Waals surface area contributed by atoms with E-state index in [1.807, 2.05) is 31.2 Å². The van der Waals surface area contributed by atoms with E-state index in [0.717, 1.165) is 11.3 Å². The number of carbonyl (C=O) groups excluding carboxylic acids is 1. The summed E-state index contributed by atoms with van der Waals surface area (Å²) in [5.74, 6) is -0.240. The van der Waals surface area contributed by atoms with Crippen LogP contribution in [-0.2, 0) is 14.6 Å². The third kappa shape index (κ3) is 5.34. The molecule has 1 fully saturated rings. The molecule has 1 aliphatic rings. The molecule has 1 aromatic carbocycles. The van der Waals surface area contributed by atoms with E-state index in [1.54, 1.807) is 6.92 Å². The molecule has 0 saturated carbocycles. The highest BCUT2D eigenvalue weighted by Gasteiger charge is 2.39. The Morgan fingerprint density at radius 2 is 1.79 bits per heavy atom. The first-order valence-corrected chi connectivity index (χ1v) is 9.80. The van der Waals surface area contributed by atoms with E-state index in [9.17, 15) is 13.2 Å². The maximum Gasteiger partial charge on any atom is 0.407 e. The third-order valence-corrected chi connectivity index (χ3v) is 5.51. The summed E-state index contributed by atoms with van der Waals surface area (Å²) in [6, 6.07) is 6.54. The van der Waals surface area contributed by atoms with E-state index in [0.29, 0.717) is 5.11 Å². The van der Waals surface area contributed by atoms with Gasteiger partial charge in [-0.1, -0.05) is 17.7 Å². The van der Waals surface area contributed by atoms with Crippen molar-refractivity contribution >= 4 is 38.9 Å². The molecular weight excluding hydrogens is 350 g/mol. The van der Waals surface area contributed by atoms with Crippen molar-refractivity contribution in [1.29, 1.82) is 0 Å². The molecule has 0 aliphatic carbocycles. The van der Waals surface area contributed by atoms with Crippen LogP contribution in [0, 0.1) is 6.92 Å². The van der Waals surface area contributed by atoms with Gasteiger partial charge in [-0.15, -0.1) is 0 Å². The fourth-order valence-electron chi connectivity index (χ4n) is 2.43. The van der Waals surface area contributed by atoms with Gasteiger partial charge < -0.3 is 20.7 Å². The SMILES string of the molecule is CCOC(=O)N[C@H]1CS(=O)(=O)C[C@@H]1NC(=S)Nc1ccc(C)cc1. The number of amides is 1. The molecule has 0 bridgehead atoms. The fraction of sp³-hybridized carbons (Fsp3) is 0.467. The normalized spacial score (nSPS) is 21.8. The minimum absolute atomic E-state index is 0.0974. The molecular formula is C15H21N3O4S2. The van der Waals surface area contributed by atoms with E-state index < -0.39 is 28.0 Å². The van der Waals surface area contributed by atoms with Gasteiger partial charge in [-0.3, -0.25) is 0 Å². The molecule has 132 valence electrons. The lowest BCUT2D eigenvalue weighted by molar-refractivity contribution is 0.148. The number of benzene rings is 1. The van der Waals surface area contributed by atoms with Gasteiger partial charge in [0, 0.05) is 5.69 Å². The topological polar surface area (TPSA) is 96.5 Å². The average molecular weight is 371 g/mol. The maximum absolute atomic E-state index is 11.9. The van der Waals surface area contributed by atoms with Crippen LogP contribution in [0.4, 0.5) is 10.5 Å². The molecule has 9 heteroatoms. The number of aryl methyl sites for hydroxylation is 1. The predicted molar refractivity (Wildman–Crippen MR) is 96.9 cm³/mol. The van der Waals surface area contributed by atoms with E-state index in [1.165, 1.54) is 0 Å². The number of hydrogen-bond acceptors (Lipinski definition) is 5. The molecule has 0 unspecified atom stereocenters. The molecule has 0 radical (unpaired) electrons. The second kappa shape index (κ2) is 7.80. The van der Waals surface area contributed by atoms with E-state index in [2.05, 4.69) is 16.0 Å². The second-order valence-electron chi connectivity index (χ2n) is 5.62. The molecule has 7 nitrogen and oxygen atoms in total. The van der Waals surface area contributed by atoms with Crippen LogP contribution in [0.2, 0.25) is 0 Å². The van der Waals surface area contributed by atoms with Gasteiger partial charge in [-0.05, 0) is 38.2 Å². The van der Waals surface area contributed by atoms with E-state index >= 15 is 0 Å². The highest BCUT2D eigenvalue weighted by Crippen LogP contribution is 2.14. The van der Waals surface area contributed by atoms with Gasteiger partial charge in [-0.25, -0.2) is 13.2 Å². The largest absolute Gasteiger partial charge is 0.450 e. The summed E-state index contributed by atoms with van der Waals surface area (Å²) in [5.41, 5.74) is 1.92. The van der Waals surface area contributed by atoms with Gasteiger partial charge in [0.25, 0.3) is 0 Å². The van der Waals surface area contributed by atoms with Gasteiger partial charge in [0.2, 0.25) is 0 Å². The van der Waals surface area contributed by atoms with Crippen molar-refractivity contribution in [3.63, 3.8) is 0 Å². The Balaban J connectivity index is 1.98. The molecule has 1 aromatic rings. The van der Waals surface area contributed by atoms with Crippen molar-refractivity contribution in [2.75, 3.05) is 23.4 Å². The van der Waals surface area contributed by atoms with Gasteiger partial charge in [0.05, 0.1) is 30.2 Å². The van der Waals surface area contributed by atoms with Crippen molar-refractivity contribution in [1.82, 2.24) is 10.6 Å². The van der Waals surface area contributed by atoms with Crippen LogP contribution in [0.25, 0.3) is 0 Å². The van der Waals surface area contributed by atoms with Crippen molar-refractivity contribution in [2.24, 2.45) is 0 Å². The van der Waals surface area contributed by atoms with Crippen molar-refractivity contribution in [2.45, 2.75) is 25.9 Å². The highest BCUT2D eigenvalue weighted by atomic mass is 32.2. The van der Waals surface area contributed by atoms with Gasteiger partial charge in [-0.2, -0.15) is 0 Å². The van der Waals surface area contributed by atoms with Gasteiger partial charge >= 0.3 is 6.09 Å². The zero-order valence-corrected chi connectivity index (χ0v) is 15.2. The number of anilines is 1. The molecule has 0 aromatic heterocycles. The number of ether oxygens (including phenoxy) is 1. The molecule has 24 heavy (non-hydrogen) atoms. The molecule has 3 N–H and O–H groups in total. The summed E-state index contributed by atoms with van der Waals surface area (Å²) < 4.78 is 28.6. The molecule has 0 spiro atoms. The van der Waals surface area contributed by atoms with E-state index in [-0.39, 0.29) is 18.1 Å². The van der Waals surface area contributed by atoms with Crippen LogP contribution in [0.3, 0.4) is 0 Å². The monoisotopic (exact) mass is 371 g/mol. The summed E-state index contributed by atoms with van der Waals surface area (Å²) in [7, 11) is -3.25. The summed E-state index contributed by atoms with van der Waals surface area (Å²) in [6.45, 7) is 3.88. The van der Waals surface area contributed by atoms with Gasteiger partial charge in [0.15, 0.2) is 14.9 Å². The number of rotatable bonds is 4. The predicted octanol–water partition coefficient (Wildman–Crippen LogP) is 1.19. The average Bonchev–Trinajstić information content (AvgIpc) is 2.75. The Morgan fingerprint density at radius 3 is 2.38 bits per heavy atom. The second-order valence-corrected chi connectivity index (χ2v) is 8.18. The van der Waals surface area contributed by atoms with Crippen molar-refractivity contribution in [3.8, 4) is 0 Å². The summed E-state index contributed by atoms with van der Waals surface area (Å²) in [6.07, 6.45) is -0.635. The Hall–Kier alpha value is -1.87. The van der Waals surface area contributed by atoms with Crippen LogP contribution in [0.5, 0.6) is 0 Å². The number of thiocarbonyl (C=S) groups is 1. The number of hydrogen-bond donors (Lipinski definition) is 3. The van der Waals surface area contributed by atoms with Crippen LogP contribution >= 0.6 is 12.2 Å². The maximum atomic E-state index is 11.9. The minimum atomic E-state index is -3.25. The molecule has 1 aliphatic heterocycles. The first-order valence-electron chi connectivity index (χ1n) is 7.57. The Labute approximate surface area is 147 Å². The Bertz CT molecular complexity index is 704. The zero-order chi connectivity index (χ0) is 17.7. The number of nitrogens with one attached hydrogen (secondary N) is 3. The number of sulfone groups is 1. The lowest BCUT2D eigenvalue weighted by Crippen LogP contribution is -2.51. The smallest absolute Gasteiger partial charge is 0.407 e. The fourth-order valence-corrected chi connectivity index (χ4v) is 4.56. The van der Waals surface area contributed by atoms with Crippen LogP contribution in [0.15, 0.2) is 24.3 Å². The number of carbonyl (C=O) groups is 1. The standard InChI is InChI=1S/C15H21N3O4S2/c1-3-22-15(19)18-13-9-24(20,21)8-12(13)17-14(23)16-11-6-4-10(2)5-7-11/h4-7,12-13H,3,8-9H2,1-2H3,(H,18,19)(H2,16,17,23)/t12-,13-/m0/s1. The van der Waals surface area contributed by atoms with Crippen molar-refractivity contribution < 1.29 is 17.9 Å².